The summed E-state index contributed by atoms with van der Waals surface area (Å²) in [5.74, 6) is -2.27. The number of carboxylic acids is 1. The summed E-state index contributed by atoms with van der Waals surface area (Å²) in [4.78, 5) is 35.8. The van der Waals surface area contributed by atoms with E-state index >= 15 is 0 Å². The third-order valence-electron chi connectivity index (χ3n) is 3.50. The number of fused-ring (bicyclic) bond motifs is 1. The van der Waals surface area contributed by atoms with Crippen LogP contribution in [0, 0.1) is 0 Å². The number of hydrazine groups is 1. The van der Waals surface area contributed by atoms with E-state index in [1.54, 1.807) is 0 Å². The Balaban J connectivity index is 2.35. The van der Waals surface area contributed by atoms with E-state index < -0.39 is 34.0 Å². The van der Waals surface area contributed by atoms with Crippen LogP contribution in [0.1, 0.15) is 25.7 Å². The van der Waals surface area contributed by atoms with Crippen molar-refractivity contribution in [2.24, 2.45) is 0 Å². The SMILES string of the molecule is CS(=O)(=O)NC1CCC(=O)N2CCCC(C(=O)O)N2C1=O. The second kappa shape index (κ2) is 5.60. The van der Waals surface area contributed by atoms with Crippen molar-refractivity contribution < 1.29 is 27.9 Å². The van der Waals surface area contributed by atoms with Crippen molar-refractivity contribution >= 4 is 27.8 Å². The lowest BCUT2D eigenvalue weighted by Gasteiger charge is -2.41. The maximum atomic E-state index is 12.5. The molecule has 2 saturated heterocycles. The number of hydrogen-bond donors (Lipinski definition) is 2. The van der Waals surface area contributed by atoms with Crippen LogP contribution >= 0.6 is 0 Å². The number of carboxylic acid groups (broad SMARTS) is 1. The highest BCUT2D eigenvalue weighted by Crippen LogP contribution is 2.24. The van der Waals surface area contributed by atoms with Crippen molar-refractivity contribution in [1.29, 1.82) is 0 Å². The quantitative estimate of drug-likeness (QED) is 0.653. The molecule has 0 radical (unpaired) electrons. The second-order valence-corrected chi connectivity index (χ2v) is 6.96. The molecule has 0 saturated carbocycles. The molecule has 2 heterocycles. The van der Waals surface area contributed by atoms with E-state index in [2.05, 4.69) is 4.72 Å². The van der Waals surface area contributed by atoms with Crippen LogP contribution in [0.2, 0.25) is 0 Å². The van der Waals surface area contributed by atoms with Gasteiger partial charge in [-0.25, -0.2) is 22.9 Å². The highest BCUT2D eigenvalue weighted by atomic mass is 32.2. The van der Waals surface area contributed by atoms with Crippen molar-refractivity contribution in [1.82, 2.24) is 14.7 Å². The van der Waals surface area contributed by atoms with E-state index in [1.807, 2.05) is 0 Å². The first-order chi connectivity index (χ1) is 9.70. The molecule has 0 bridgehead atoms. The topological polar surface area (TPSA) is 124 Å². The van der Waals surface area contributed by atoms with Crippen molar-refractivity contribution in [2.45, 2.75) is 37.8 Å². The summed E-state index contributed by atoms with van der Waals surface area (Å²) >= 11 is 0. The summed E-state index contributed by atoms with van der Waals surface area (Å²) in [6.45, 7) is 0.264. The lowest BCUT2D eigenvalue weighted by Crippen LogP contribution is -2.62. The van der Waals surface area contributed by atoms with Crippen LogP contribution in [0.15, 0.2) is 0 Å². The number of carbonyl (C=O) groups excluding carboxylic acids is 2. The molecule has 2 aliphatic rings. The Bertz CT molecular complexity index is 575. The molecule has 2 unspecified atom stereocenters. The molecule has 2 atom stereocenters. The molecule has 2 aliphatic heterocycles. The predicted octanol–water partition coefficient (Wildman–Crippen LogP) is -1.48. The van der Waals surface area contributed by atoms with Crippen molar-refractivity contribution in [3.8, 4) is 0 Å². The minimum absolute atomic E-state index is 0.0121. The van der Waals surface area contributed by atoms with E-state index in [-0.39, 0.29) is 31.7 Å². The summed E-state index contributed by atoms with van der Waals surface area (Å²) < 4.78 is 24.8. The van der Waals surface area contributed by atoms with Gasteiger partial charge in [-0.15, -0.1) is 0 Å². The predicted molar refractivity (Wildman–Crippen MR) is 70.2 cm³/mol. The maximum absolute atomic E-state index is 12.5. The summed E-state index contributed by atoms with van der Waals surface area (Å²) in [5, 5.41) is 11.3. The molecule has 2 rings (SSSR count). The molecule has 2 amide bonds. The summed E-state index contributed by atoms with van der Waals surface area (Å²) in [7, 11) is -3.64. The van der Waals surface area contributed by atoms with Crippen molar-refractivity contribution in [2.75, 3.05) is 12.8 Å². The largest absolute Gasteiger partial charge is 0.480 e. The van der Waals surface area contributed by atoms with Gasteiger partial charge < -0.3 is 5.11 Å². The van der Waals surface area contributed by atoms with E-state index in [0.29, 0.717) is 6.42 Å². The minimum Gasteiger partial charge on any atom is -0.480 e. The first-order valence-electron chi connectivity index (χ1n) is 6.54. The Hall–Kier alpha value is -1.68. The van der Waals surface area contributed by atoms with Gasteiger partial charge in [0.1, 0.15) is 6.04 Å². The zero-order valence-corrected chi connectivity index (χ0v) is 12.3. The Morgan fingerprint density at radius 2 is 2.00 bits per heavy atom. The molecule has 9 nitrogen and oxygen atoms in total. The van der Waals surface area contributed by atoms with Gasteiger partial charge in [0.2, 0.25) is 15.9 Å². The van der Waals surface area contributed by atoms with Crippen LogP contribution in [0.5, 0.6) is 0 Å². The van der Waals surface area contributed by atoms with Crippen LogP contribution in [-0.4, -0.2) is 66.2 Å². The number of aliphatic carboxylic acids is 1. The summed E-state index contributed by atoms with van der Waals surface area (Å²) in [5.41, 5.74) is 0. The van der Waals surface area contributed by atoms with Gasteiger partial charge in [-0.1, -0.05) is 0 Å². The Morgan fingerprint density at radius 3 is 2.57 bits per heavy atom. The average Bonchev–Trinajstić information content (AvgIpc) is 2.49. The lowest BCUT2D eigenvalue weighted by molar-refractivity contribution is -0.180. The van der Waals surface area contributed by atoms with E-state index in [4.69, 9.17) is 0 Å². The summed E-state index contributed by atoms with van der Waals surface area (Å²) in [6.07, 6.45) is 1.63. The molecule has 0 aromatic carbocycles. The van der Waals surface area contributed by atoms with E-state index in [9.17, 15) is 27.9 Å². The molecule has 0 aromatic heterocycles. The number of nitrogens with zero attached hydrogens (tertiary/aromatic N) is 2. The van der Waals surface area contributed by atoms with Gasteiger partial charge in [0.15, 0.2) is 6.04 Å². The standard InChI is InChI=1S/C11H17N3O6S/c1-21(19,20)12-7-4-5-9(15)13-6-2-3-8(11(17)18)14(13)10(7)16/h7-8,12H,2-6H2,1H3,(H,17,18). The zero-order valence-electron chi connectivity index (χ0n) is 11.5. The van der Waals surface area contributed by atoms with Crippen molar-refractivity contribution in [3.63, 3.8) is 0 Å². The fourth-order valence-corrected chi connectivity index (χ4v) is 3.36. The minimum atomic E-state index is -3.64. The molecule has 10 heteroatoms. The molecule has 2 fully saturated rings. The average molecular weight is 319 g/mol. The number of rotatable bonds is 3. The molecule has 0 spiro atoms. The Labute approximate surface area is 121 Å². The number of carbonyl (C=O) groups is 3. The zero-order chi connectivity index (χ0) is 15.8. The highest BCUT2D eigenvalue weighted by Gasteiger charge is 2.44. The number of hydrogen-bond acceptors (Lipinski definition) is 5. The van der Waals surface area contributed by atoms with E-state index in [1.165, 1.54) is 0 Å². The first kappa shape index (κ1) is 15.7. The third kappa shape index (κ3) is 3.32. The maximum Gasteiger partial charge on any atom is 0.328 e. The van der Waals surface area contributed by atoms with Gasteiger partial charge in [-0.2, -0.15) is 0 Å². The lowest BCUT2D eigenvalue weighted by atomic mass is 10.1. The Kier molecular flexibility index (Phi) is 4.19. The molecule has 118 valence electrons. The fraction of sp³-hybridized carbons (Fsp3) is 0.727. The second-order valence-electron chi connectivity index (χ2n) is 5.18. The van der Waals surface area contributed by atoms with Crippen LogP contribution in [0.4, 0.5) is 0 Å². The van der Waals surface area contributed by atoms with E-state index in [0.717, 1.165) is 16.3 Å². The van der Waals surface area contributed by atoms with Gasteiger partial charge in [-0.3, -0.25) is 14.6 Å². The number of nitrogens with one attached hydrogen (secondary N) is 1. The molecule has 21 heavy (non-hydrogen) atoms. The third-order valence-corrected chi connectivity index (χ3v) is 4.22. The van der Waals surface area contributed by atoms with Gasteiger partial charge in [0.25, 0.3) is 5.91 Å². The van der Waals surface area contributed by atoms with Crippen LogP contribution < -0.4 is 4.72 Å². The van der Waals surface area contributed by atoms with Gasteiger partial charge in [-0.05, 0) is 19.3 Å². The molecule has 2 N–H and O–H groups in total. The van der Waals surface area contributed by atoms with Crippen LogP contribution in [-0.2, 0) is 24.4 Å². The highest BCUT2D eigenvalue weighted by molar-refractivity contribution is 7.88. The normalized spacial score (nSPS) is 27.3. The fourth-order valence-electron chi connectivity index (χ4n) is 2.63. The Morgan fingerprint density at radius 1 is 1.33 bits per heavy atom. The van der Waals surface area contributed by atoms with Crippen LogP contribution in [0.25, 0.3) is 0 Å². The first-order valence-corrected chi connectivity index (χ1v) is 8.43. The van der Waals surface area contributed by atoms with Crippen LogP contribution in [0.3, 0.4) is 0 Å². The smallest absolute Gasteiger partial charge is 0.328 e. The number of amides is 2. The monoisotopic (exact) mass is 319 g/mol. The summed E-state index contributed by atoms with van der Waals surface area (Å²) in [6, 6.07) is -2.26. The van der Waals surface area contributed by atoms with Gasteiger partial charge in [0.05, 0.1) is 6.26 Å². The molecule has 0 aliphatic carbocycles. The van der Waals surface area contributed by atoms with Gasteiger partial charge >= 0.3 is 5.97 Å². The number of sulfonamides is 1. The van der Waals surface area contributed by atoms with Crippen molar-refractivity contribution in [3.05, 3.63) is 0 Å². The molecular weight excluding hydrogens is 302 g/mol. The molecular formula is C11H17N3O6S. The molecule has 0 aromatic rings. The van der Waals surface area contributed by atoms with Gasteiger partial charge in [0, 0.05) is 13.0 Å².